The molecule has 1 fully saturated rings. The van der Waals surface area contributed by atoms with Crippen LogP contribution in [0.2, 0.25) is 10.0 Å². The lowest BCUT2D eigenvalue weighted by molar-refractivity contribution is -0.122. The standard InChI is InChI=1S/C15H18Cl2O/c16-13-8-7-11(9-14(13)17)10-15(18)12-5-3-1-2-4-6-12/h7-9,12H,1-6,10H2. The van der Waals surface area contributed by atoms with E-state index in [1.807, 2.05) is 6.07 Å². The van der Waals surface area contributed by atoms with Crippen molar-refractivity contribution in [1.29, 1.82) is 0 Å². The summed E-state index contributed by atoms with van der Waals surface area (Å²) in [7, 11) is 0. The first-order valence-electron chi connectivity index (χ1n) is 6.63. The molecule has 0 atom stereocenters. The van der Waals surface area contributed by atoms with E-state index >= 15 is 0 Å². The van der Waals surface area contributed by atoms with E-state index in [1.165, 1.54) is 25.7 Å². The molecule has 1 saturated carbocycles. The minimum atomic E-state index is 0.252. The molecule has 1 aliphatic carbocycles. The third-order valence-electron chi connectivity index (χ3n) is 3.67. The number of benzene rings is 1. The molecule has 1 aromatic rings. The SMILES string of the molecule is O=C(Cc1ccc(Cl)c(Cl)c1)C1CCCCCC1. The van der Waals surface area contributed by atoms with Gasteiger partial charge in [-0.15, -0.1) is 0 Å². The molecule has 1 aliphatic rings. The van der Waals surface area contributed by atoms with E-state index in [0.29, 0.717) is 22.2 Å². The van der Waals surface area contributed by atoms with Crippen LogP contribution in [-0.4, -0.2) is 5.78 Å². The largest absolute Gasteiger partial charge is 0.299 e. The number of halogens is 2. The first-order valence-corrected chi connectivity index (χ1v) is 7.39. The summed E-state index contributed by atoms with van der Waals surface area (Å²) < 4.78 is 0. The van der Waals surface area contributed by atoms with Crippen molar-refractivity contribution in [1.82, 2.24) is 0 Å². The first kappa shape index (κ1) is 13.9. The number of carbonyl (C=O) groups is 1. The molecule has 3 heteroatoms. The minimum absolute atomic E-state index is 0.252. The highest BCUT2D eigenvalue weighted by Gasteiger charge is 2.20. The van der Waals surface area contributed by atoms with Gasteiger partial charge in [-0.05, 0) is 30.5 Å². The van der Waals surface area contributed by atoms with Gasteiger partial charge in [0.15, 0.2) is 0 Å². The molecule has 0 bridgehead atoms. The summed E-state index contributed by atoms with van der Waals surface area (Å²) in [6, 6.07) is 5.46. The molecule has 0 aromatic heterocycles. The lowest BCUT2D eigenvalue weighted by atomic mass is 9.91. The van der Waals surface area contributed by atoms with Crippen LogP contribution < -0.4 is 0 Å². The molecule has 98 valence electrons. The molecule has 0 aliphatic heterocycles. The Morgan fingerprint density at radius 3 is 2.33 bits per heavy atom. The summed E-state index contributed by atoms with van der Waals surface area (Å²) in [5.74, 6) is 0.609. The van der Waals surface area contributed by atoms with Crippen molar-refractivity contribution in [3.8, 4) is 0 Å². The van der Waals surface area contributed by atoms with E-state index in [4.69, 9.17) is 23.2 Å². The molecule has 1 nitrogen and oxygen atoms in total. The van der Waals surface area contributed by atoms with Crippen molar-refractivity contribution in [3.05, 3.63) is 33.8 Å². The molecule has 0 unspecified atom stereocenters. The van der Waals surface area contributed by atoms with Crippen molar-refractivity contribution in [2.24, 2.45) is 5.92 Å². The van der Waals surface area contributed by atoms with E-state index < -0.39 is 0 Å². The van der Waals surface area contributed by atoms with Crippen LogP contribution in [0, 0.1) is 5.92 Å². The Hall–Kier alpha value is -0.530. The van der Waals surface area contributed by atoms with Gasteiger partial charge in [0.2, 0.25) is 0 Å². The van der Waals surface area contributed by atoms with E-state index in [9.17, 15) is 4.79 Å². The van der Waals surface area contributed by atoms with Crippen LogP contribution in [0.4, 0.5) is 0 Å². The molecule has 0 saturated heterocycles. The minimum Gasteiger partial charge on any atom is -0.299 e. The number of rotatable bonds is 3. The lowest BCUT2D eigenvalue weighted by Crippen LogP contribution is -2.16. The summed E-state index contributed by atoms with van der Waals surface area (Å²) in [4.78, 5) is 12.2. The summed E-state index contributed by atoms with van der Waals surface area (Å²) in [5.41, 5.74) is 0.971. The monoisotopic (exact) mass is 284 g/mol. The Balaban J connectivity index is 1.99. The highest BCUT2D eigenvalue weighted by atomic mass is 35.5. The third-order valence-corrected chi connectivity index (χ3v) is 4.41. The number of carbonyl (C=O) groups excluding carboxylic acids is 1. The molecule has 0 amide bonds. The average molecular weight is 285 g/mol. The second-order valence-corrected chi connectivity index (χ2v) is 5.89. The normalized spacial score (nSPS) is 17.4. The summed E-state index contributed by atoms with van der Waals surface area (Å²) in [5, 5.41) is 1.07. The van der Waals surface area contributed by atoms with Gasteiger partial charge in [-0.1, -0.05) is 55.0 Å². The molecule has 18 heavy (non-hydrogen) atoms. The molecule has 1 aromatic carbocycles. The Morgan fingerprint density at radius 1 is 1.06 bits per heavy atom. The van der Waals surface area contributed by atoms with Gasteiger partial charge in [0.25, 0.3) is 0 Å². The van der Waals surface area contributed by atoms with Crippen molar-refractivity contribution in [2.75, 3.05) is 0 Å². The van der Waals surface area contributed by atoms with E-state index in [-0.39, 0.29) is 5.92 Å². The summed E-state index contributed by atoms with van der Waals surface area (Å²) in [6.45, 7) is 0. The highest BCUT2D eigenvalue weighted by Crippen LogP contribution is 2.26. The van der Waals surface area contributed by atoms with E-state index in [1.54, 1.807) is 12.1 Å². The van der Waals surface area contributed by atoms with Crippen molar-refractivity contribution >= 4 is 29.0 Å². The zero-order valence-corrected chi connectivity index (χ0v) is 11.9. The van der Waals surface area contributed by atoms with Crippen LogP contribution >= 0.6 is 23.2 Å². The summed E-state index contributed by atoms with van der Waals surface area (Å²) >= 11 is 11.8. The van der Waals surface area contributed by atoms with Gasteiger partial charge >= 0.3 is 0 Å². The van der Waals surface area contributed by atoms with Gasteiger partial charge in [0, 0.05) is 12.3 Å². The van der Waals surface area contributed by atoms with Crippen LogP contribution in [0.5, 0.6) is 0 Å². The fraction of sp³-hybridized carbons (Fsp3) is 0.533. The van der Waals surface area contributed by atoms with Gasteiger partial charge < -0.3 is 0 Å². The van der Waals surface area contributed by atoms with Gasteiger partial charge in [0.1, 0.15) is 5.78 Å². The molecule has 2 rings (SSSR count). The Labute approximate surface area is 118 Å². The maximum Gasteiger partial charge on any atom is 0.140 e. The Kier molecular flexibility index (Phi) is 5.08. The second kappa shape index (κ2) is 6.58. The number of Topliss-reactive ketones (excluding diaryl/α,β-unsaturated/α-hetero) is 1. The fourth-order valence-electron chi connectivity index (χ4n) is 2.60. The van der Waals surface area contributed by atoms with Gasteiger partial charge in [0.05, 0.1) is 10.0 Å². The quantitative estimate of drug-likeness (QED) is 0.708. The molecule has 0 N–H and O–H groups in total. The van der Waals surface area contributed by atoms with Gasteiger partial charge in [-0.25, -0.2) is 0 Å². The molecule has 0 heterocycles. The Morgan fingerprint density at radius 2 is 1.72 bits per heavy atom. The van der Waals surface area contributed by atoms with Gasteiger partial charge in [-0.2, -0.15) is 0 Å². The maximum absolute atomic E-state index is 12.2. The van der Waals surface area contributed by atoms with Crippen molar-refractivity contribution in [2.45, 2.75) is 44.9 Å². The van der Waals surface area contributed by atoms with Crippen LogP contribution in [0.25, 0.3) is 0 Å². The third kappa shape index (κ3) is 3.73. The Bertz CT molecular complexity index is 421. The first-order chi connectivity index (χ1) is 8.66. The molecule has 0 radical (unpaired) electrons. The lowest BCUT2D eigenvalue weighted by Gasteiger charge is -2.12. The van der Waals surface area contributed by atoms with Crippen LogP contribution in [0.1, 0.15) is 44.1 Å². The van der Waals surface area contributed by atoms with Gasteiger partial charge in [-0.3, -0.25) is 4.79 Å². The smallest absolute Gasteiger partial charge is 0.140 e. The topological polar surface area (TPSA) is 17.1 Å². The zero-order valence-electron chi connectivity index (χ0n) is 10.4. The molecular weight excluding hydrogens is 267 g/mol. The summed E-state index contributed by atoms with van der Waals surface area (Å²) in [6.07, 6.45) is 7.53. The van der Waals surface area contributed by atoms with Crippen molar-refractivity contribution < 1.29 is 4.79 Å². The number of hydrogen-bond donors (Lipinski definition) is 0. The van der Waals surface area contributed by atoms with Crippen LogP contribution in [-0.2, 0) is 11.2 Å². The zero-order chi connectivity index (χ0) is 13.0. The predicted octanol–water partition coefficient (Wildman–Crippen LogP) is 5.08. The molecule has 0 spiro atoms. The van der Waals surface area contributed by atoms with Crippen LogP contribution in [0.15, 0.2) is 18.2 Å². The maximum atomic E-state index is 12.2. The number of ketones is 1. The number of hydrogen-bond acceptors (Lipinski definition) is 1. The van der Waals surface area contributed by atoms with Crippen molar-refractivity contribution in [3.63, 3.8) is 0 Å². The predicted molar refractivity (Wildman–Crippen MR) is 76.4 cm³/mol. The van der Waals surface area contributed by atoms with Crippen LogP contribution in [0.3, 0.4) is 0 Å². The second-order valence-electron chi connectivity index (χ2n) is 5.08. The van der Waals surface area contributed by atoms with E-state index in [2.05, 4.69) is 0 Å². The fourth-order valence-corrected chi connectivity index (χ4v) is 2.92. The van der Waals surface area contributed by atoms with E-state index in [0.717, 1.165) is 18.4 Å². The molecular formula is C15H18Cl2O. The average Bonchev–Trinajstić information content (AvgIpc) is 2.62. The highest BCUT2D eigenvalue weighted by molar-refractivity contribution is 6.42.